The zero-order valence-corrected chi connectivity index (χ0v) is 19.1. The van der Waals surface area contributed by atoms with Crippen LogP contribution in [0.3, 0.4) is 0 Å². The van der Waals surface area contributed by atoms with E-state index in [-0.39, 0.29) is 17.6 Å². The molecule has 2 aromatic carbocycles. The van der Waals surface area contributed by atoms with E-state index < -0.39 is 0 Å². The molecule has 8 heteroatoms. The second kappa shape index (κ2) is 9.51. The van der Waals surface area contributed by atoms with E-state index in [0.29, 0.717) is 27.8 Å². The molecule has 1 aromatic heterocycles. The van der Waals surface area contributed by atoms with Crippen molar-refractivity contribution in [3.05, 3.63) is 86.5 Å². The molecule has 5 nitrogen and oxygen atoms in total. The highest BCUT2D eigenvalue weighted by molar-refractivity contribution is 7.17. The van der Waals surface area contributed by atoms with Crippen molar-refractivity contribution < 1.29 is 9.71 Å². The molecule has 3 rings (SSSR count). The zero-order chi connectivity index (χ0) is 22.7. The second-order valence-electron chi connectivity index (χ2n) is 7.19. The highest BCUT2D eigenvalue weighted by atomic mass is 35.5. The Morgan fingerprint density at radius 3 is 2.23 bits per heavy atom. The van der Waals surface area contributed by atoms with Gasteiger partial charge in [0.1, 0.15) is 23.2 Å². The van der Waals surface area contributed by atoms with Crippen molar-refractivity contribution in [2.24, 2.45) is 0 Å². The first-order valence-electron chi connectivity index (χ1n) is 9.65. The number of nitrogens with zero attached hydrogens (tertiary/aromatic N) is 1. The Hall–Kier alpha value is -2.87. The lowest BCUT2D eigenvalue weighted by atomic mass is 10.00. The Balaban J connectivity index is 1.93. The molecule has 0 aliphatic rings. The van der Waals surface area contributed by atoms with E-state index >= 15 is 0 Å². The molecule has 3 aromatic rings. The smallest absolute Gasteiger partial charge is 0.300 e. The van der Waals surface area contributed by atoms with Crippen LogP contribution < -0.4 is 10.2 Å². The Morgan fingerprint density at radius 2 is 1.65 bits per heavy atom. The van der Waals surface area contributed by atoms with Gasteiger partial charge in [-0.3, -0.25) is 16.1 Å². The van der Waals surface area contributed by atoms with Crippen LogP contribution in [0, 0.1) is 35.9 Å². The molecular formula is C23H24ClFN5S+. The number of hydrogen-bond donors (Lipinski definition) is 4. The summed E-state index contributed by atoms with van der Waals surface area (Å²) in [5.74, 6) is 0.0284. The van der Waals surface area contributed by atoms with Gasteiger partial charge >= 0.3 is 5.96 Å². The van der Waals surface area contributed by atoms with Crippen molar-refractivity contribution >= 4 is 45.4 Å². The number of quaternary nitrogens is 1. The lowest BCUT2D eigenvalue weighted by Crippen LogP contribution is -2.90. The van der Waals surface area contributed by atoms with Crippen molar-refractivity contribution in [2.45, 2.75) is 27.3 Å². The summed E-state index contributed by atoms with van der Waals surface area (Å²) in [5.41, 5.74) is 3.58. The number of aryl methyl sites for hydroxylation is 1. The average Bonchev–Trinajstić information content (AvgIpc) is 3.01. The van der Waals surface area contributed by atoms with Crippen molar-refractivity contribution in [1.82, 2.24) is 0 Å². The van der Waals surface area contributed by atoms with Crippen LogP contribution >= 0.6 is 22.9 Å². The van der Waals surface area contributed by atoms with Gasteiger partial charge in [0.15, 0.2) is 0 Å². The molecule has 0 unspecified atom stereocenters. The molecule has 0 bridgehead atoms. The number of nitrogens with one attached hydrogen (secondary N) is 3. The van der Waals surface area contributed by atoms with Crippen LogP contribution in [-0.2, 0) is 6.54 Å². The van der Waals surface area contributed by atoms with E-state index in [4.69, 9.17) is 27.8 Å². The largest absolute Gasteiger partial charge is 0.305 e. The third-order valence-corrected chi connectivity index (χ3v) is 6.42. The molecule has 0 atom stereocenters. The van der Waals surface area contributed by atoms with Gasteiger partial charge in [-0.2, -0.15) is 0 Å². The van der Waals surface area contributed by atoms with Crippen LogP contribution in [-0.4, -0.2) is 17.5 Å². The Kier molecular flexibility index (Phi) is 7.00. The van der Waals surface area contributed by atoms with Gasteiger partial charge in [0.25, 0.3) is 0 Å². The zero-order valence-electron chi connectivity index (χ0n) is 17.5. The maximum absolute atomic E-state index is 13.1. The number of hydrogen-bond acceptors (Lipinski definition) is 4. The number of benzene rings is 2. The Morgan fingerprint density at radius 1 is 1.03 bits per heavy atom. The lowest BCUT2D eigenvalue weighted by molar-refractivity contribution is -0.559. The normalized spacial score (nSPS) is 10.7. The van der Waals surface area contributed by atoms with Gasteiger partial charge in [0.2, 0.25) is 0 Å². The highest BCUT2D eigenvalue weighted by Crippen LogP contribution is 2.37. The van der Waals surface area contributed by atoms with Crippen LogP contribution in [0.2, 0.25) is 5.02 Å². The number of halogens is 2. The van der Waals surface area contributed by atoms with Gasteiger partial charge in [-0.25, -0.2) is 14.7 Å². The number of guanidine groups is 1. The summed E-state index contributed by atoms with van der Waals surface area (Å²) >= 11 is 7.46. The summed E-state index contributed by atoms with van der Waals surface area (Å²) < 4.78 is 13.1. The fourth-order valence-electron chi connectivity index (χ4n) is 3.19. The second-order valence-corrected chi connectivity index (χ2v) is 8.83. The quantitative estimate of drug-likeness (QED) is 0.313. The number of rotatable bonds is 5. The Labute approximate surface area is 190 Å². The van der Waals surface area contributed by atoms with Gasteiger partial charge in [-0.1, -0.05) is 35.9 Å². The van der Waals surface area contributed by atoms with Crippen molar-refractivity contribution in [3.63, 3.8) is 0 Å². The first-order valence-corrected chi connectivity index (χ1v) is 10.8. The summed E-state index contributed by atoms with van der Waals surface area (Å²) in [5, 5.41) is 28.7. The number of amidine groups is 1. The van der Waals surface area contributed by atoms with Gasteiger partial charge in [-0.05, 0) is 50.6 Å². The van der Waals surface area contributed by atoms with Crippen LogP contribution in [0.4, 0.5) is 9.39 Å². The summed E-state index contributed by atoms with van der Waals surface area (Å²) in [6.45, 7) is 6.00. The minimum atomic E-state index is -0.300. The molecule has 0 amide bonds. The molecule has 0 fully saturated rings. The minimum Gasteiger partial charge on any atom is -0.300 e. The van der Waals surface area contributed by atoms with Crippen LogP contribution in [0.5, 0.6) is 0 Å². The van der Waals surface area contributed by atoms with Gasteiger partial charge < -0.3 is 0 Å². The molecule has 0 spiro atoms. The average molecular weight is 457 g/mol. The Bertz CT molecular complexity index is 1140. The SMILES string of the molecule is CC(=N)N(C(=N)[NH2+]Cc1ccc(F)cc1)c1sc(C)c(C)c1C(=N)c1ccc(Cl)cc1. The van der Waals surface area contributed by atoms with E-state index in [1.54, 1.807) is 53.5 Å². The summed E-state index contributed by atoms with van der Waals surface area (Å²) in [6.07, 6.45) is 0. The van der Waals surface area contributed by atoms with E-state index in [9.17, 15) is 4.39 Å². The van der Waals surface area contributed by atoms with E-state index in [1.807, 2.05) is 13.8 Å². The third kappa shape index (κ3) is 5.07. The molecule has 31 heavy (non-hydrogen) atoms. The first-order chi connectivity index (χ1) is 14.7. The standard InChI is InChI=1S/C23H23ClFN5S/c1-13-14(2)31-22(20(13)21(27)17-6-8-18(24)9-7-17)30(15(3)26)23(28)29-12-16-4-10-19(25)11-5-16/h4-11,26-27H,12H2,1-3H3,(H2,28,29)/p+1. The first kappa shape index (κ1) is 22.8. The minimum absolute atomic E-state index is 0.142. The fraction of sp³-hybridized carbons (Fsp3) is 0.174. The topological polar surface area (TPSA) is 91.4 Å². The maximum Gasteiger partial charge on any atom is 0.305 e. The van der Waals surface area contributed by atoms with Crippen LogP contribution in [0.1, 0.15) is 34.1 Å². The molecule has 0 saturated carbocycles. The molecule has 1 heterocycles. The highest BCUT2D eigenvalue weighted by Gasteiger charge is 2.27. The third-order valence-electron chi connectivity index (χ3n) is 4.97. The molecule has 0 radical (unpaired) electrons. The fourth-order valence-corrected chi connectivity index (χ4v) is 4.55. The van der Waals surface area contributed by atoms with Gasteiger partial charge in [0, 0.05) is 26.6 Å². The van der Waals surface area contributed by atoms with Crippen molar-refractivity contribution in [3.8, 4) is 0 Å². The molecular weight excluding hydrogens is 433 g/mol. The molecule has 0 saturated heterocycles. The molecule has 5 N–H and O–H groups in total. The van der Waals surface area contributed by atoms with E-state index in [2.05, 4.69) is 0 Å². The summed E-state index contributed by atoms with van der Waals surface area (Å²) in [4.78, 5) is 2.58. The number of anilines is 1. The summed E-state index contributed by atoms with van der Waals surface area (Å²) in [6, 6.07) is 13.2. The van der Waals surface area contributed by atoms with Crippen molar-refractivity contribution in [2.75, 3.05) is 4.90 Å². The molecule has 0 aliphatic carbocycles. The van der Waals surface area contributed by atoms with Crippen LogP contribution in [0.25, 0.3) is 0 Å². The monoisotopic (exact) mass is 456 g/mol. The maximum atomic E-state index is 13.1. The van der Waals surface area contributed by atoms with Gasteiger partial charge in [-0.15, -0.1) is 11.3 Å². The molecule has 160 valence electrons. The lowest BCUT2D eigenvalue weighted by Gasteiger charge is -2.21. The van der Waals surface area contributed by atoms with E-state index in [1.165, 1.54) is 23.5 Å². The summed E-state index contributed by atoms with van der Waals surface area (Å²) in [7, 11) is 0. The predicted molar refractivity (Wildman–Crippen MR) is 127 cm³/mol. The van der Waals surface area contributed by atoms with E-state index in [0.717, 1.165) is 21.6 Å². The van der Waals surface area contributed by atoms with Crippen molar-refractivity contribution in [1.29, 1.82) is 16.2 Å². The predicted octanol–water partition coefficient (Wildman–Crippen LogP) is 5.08. The number of thiophene rings is 1. The molecule has 0 aliphatic heterocycles. The van der Waals surface area contributed by atoms with Crippen LogP contribution in [0.15, 0.2) is 48.5 Å². The van der Waals surface area contributed by atoms with Gasteiger partial charge in [0.05, 0.1) is 5.71 Å². The number of nitrogens with two attached hydrogens (primary N) is 1.